The van der Waals surface area contributed by atoms with E-state index in [4.69, 9.17) is 0 Å². The van der Waals surface area contributed by atoms with Crippen molar-refractivity contribution in [2.75, 3.05) is 0 Å². The van der Waals surface area contributed by atoms with Crippen LogP contribution in [0.2, 0.25) is 0 Å². The summed E-state index contributed by atoms with van der Waals surface area (Å²) in [5.74, 6) is 0.442. The van der Waals surface area contributed by atoms with Crippen molar-refractivity contribution in [1.29, 1.82) is 0 Å². The molecule has 2 heteroatoms. The van der Waals surface area contributed by atoms with Gasteiger partial charge in [0.2, 0.25) is 0 Å². The molecule has 1 amide bonds. The average Bonchev–Trinajstić information content (AvgIpc) is 2.37. The predicted molar refractivity (Wildman–Crippen MR) is 90.8 cm³/mol. The molecule has 0 aliphatic heterocycles. The third-order valence-corrected chi connectivity index (χ3v) is 3.84. The molecule has 0 aliphatic rings. The zero-order chi connectivity index (χ0) is 16.2. The second-order valence-corrected chi connectivity index (χ2v) is 6.42. The maximum absolute atomic E-state index is 13.0. The third kappa shape index (κ3) is 4.20. The molecule has 0 bridgehead atoms. The number of carbonyl (C=O) groups excluding carboxylic acids is 1. The molecule has 1 atom stereocenters. The van der Waals surface area contributed by atoms with Gasteiger partial charge in [0.25, 0.3) is 5.91 Å². The highest BCUT2D eigenvalue weighted by atomic mass is 16.2. The van der Waals surface area contributed by atoms with Gasteiger partial charge in [-0.3, -0.25) is 4.79 Å². The van der Waals surface area contributed by atoms with Crippen LogP contribution in [0.25, 0.3) is 0 Å². The number of rotatable bonds is 6. The molecule has 0 unspecified atom stereocenters. The minimum absolute atomic E-state index is 0.134. The molecular weight excluding hydrogens is 258 g/mol. The number of nitrogens with zero attached hydrogens (tertiary/aromatic N) is 1. The van der Waals surface area contributed by atoms with E-state index >= 15 is 0 Å². The zero-order valence-electron chi connectivity index (χ0n) is 14.3. The van der Waals surface area contributed by atoms with E-state index in [0.717, 1.165) is 23.1 Å². The van der Waals surface area contributed by atoms with Gasteiger partial charge in [-0.05, 0) is 58.6 Å². The average molecular weight is 287 g/mol. The van der Waals surface area contributed by atoms with Crippen molar-refractivity contribution in [2.45, 2.75) is 66.0 Å². The van der Waals surface area contributed by atoms with E-state index in [1.54, 1.807) is 0 Å². The summed E-state index contributed by atoms with van der Waals surface area (Å²) in [6.45, 7) is 16.3. The van der Waals surface area contributed by atoms with Gasteiger partial charge in [0.15, 0.2) is 0 Å². The maximum Gasteiger partial charge on any atom is 0.254 e. The second kappa shape index (κ2) is 7.44. The summed E-state index contributed by atoms with van der Waals surface area (Å²) in [7, 11) is 0. The Morgan fingerprint density at radius 1 is 1.19 bits per heavy atom. The first-order valence-electron chi connectivity index (χ1n) is 7.83. The highest BCUT2D eigenvalue weighted by Crippen LogP contribution is 2.26. The SMILES string of the molecule is C=CC[C@@H](C)c1ccc(C)cc1C(=O)N(C(C)C)C(C)C. The quantitative estimate of drug-likeness (QED) is 0.679. The molecule has 2 nitrogen and oxygen atoms in total. The molecule has 0 radical (unpaired) electrons. The molecule has 0 saturated heterocycles. The van der Waals surface area contributed by atoms with Crippen molar-refractivity contribution in [1.82, 2.24) is 4.90 Å². The lowest BCUT2D eigenvalue weighted by molar-refractivity contribution is 0.0642. The number of hydrogen-bond acceptors (Lipinski definition) is 1. The Morgan fingerprint density at radius 3 is 2.24 bits per heavy atom. The van der Waals surface area contributed by atoms with Crippen molar-refractivity contribution in [3.8, 4) is 0 Å². The lowest BCUT2D eigenvalue weighted by Gasteiger charge is -2.32. The van der Waals surface area contributed by atoms with Gasteiger partial charge in [0.1, 0.15) is 0 Å². The zero-order valence-corrected chi connectivity index (χ0v) is 14.3. The monoisotopic (exact) mass is 287 g/mol. The molecule has 0 fully saturated rings. The van der Waals surface area contributed by atoms with E-state index in [-0.39, 0.29) is 18.0 Å². The topological polar surface area (TPSA) is 20.3 Å². The van der Waals surface area contributed by atoms with Gasteiger partial charge < -0.3 is 4.90 Å². The smallest absolute Gasteiger partial charge is 0.254 e. The lowest BCUT2D eigenvalue weighted by atomic mass is 9.91. The molecular formula is C19H29NO. The normalized spacial score (nSPS) is 12.6. The van der Waals surface area contributed by atoms with Crippen LogP contribution in [0.1, 0.15) is 68.4 Å². The van der Waals surface area contributed by atoms with Gasteiger partial charge in [-0.25, -0.2) is 0 Å². The van der Waals surface area contributed by atoms with Crippen LogP contribution < -0.4 is 0 Å². The summed E-state index contributed by atoms with van der Waals surface area (Å²) >= 11 is 0. The van der Waals surface area contributed by atoms with Crippen LogP contribution in [0.15, 0.2) is 30.9 Å². The molecule has 1 aromatic carbocycles. The van der Waals surface area contributed by atoms with Gasteiger partial charge in [-0.15, -0.1) is 6.58 Å². The first kappa shape index (κ1) is 17.5. The fourth-order valence-electron chi connectivity index (χ4n) is 2.87. The van der Waals surface area contributed by atoms with Crippen LogP contribution in [-0.2, 0) is 0 Å². The van der Waals surface area contributed by atoms with Crippen molar-refractivity contribution < 1.29 is 4.79 Å². The van der Waals surface area contributed by atoms with Crippen molar-refractivity contribution in [3.05, 3.63) is 47.5 Å². The Bertz CT molecular complexity index is 494. The highest BCUT2D eigenvalue weighted by Gasteiger charge is 2.25. The molecule has 21 heavy (non-hydrogen) atoms. The molecule has 0 saturated carbocycles. The number of amides is 1. The molecule has 116 valence electrons. The lowest BCUT2D eigenvalue weighted by Crippen LogP contribution is -2.42. The molecule has 1 aromatic rings. The second-order valence-electron chi connectivity index (χ2n) is 6.42. The fraction of sp³-hybridized carbons (Fsp3) is 0.526. The van der Waals surface area contributed by atoms with Crippen LogP contribution in [-0.4, -0.2) is 22.9 Å². The van der Waals surface area contributed by atoms with Crippen molar-refractivity contribution >= 4 is 5.91 Å². The Kier molecular flexibility index (Phi) is 6.19. The summed E-state index contributed by atoms with van der Waals surface area (Å²) in [5.41, 5.74) is 3.09. The van der Waals surface area contributed by atoms with E-state index in [1.165, 1.54) is 0 Å². The van der Waals surface area contributed by atoms with Gasteiger partial charge >= 0.3 is 0 Å². The van der Waals surface area contributed by atoms with Crippen LogP contribution in [0, 0.1) is 6.92 Å². The Balaban J connectivity index is 3.29. The minimum Gasteiger partial charge on any atom is -0.334 e. The molecule has 0 N–H and O–H groups in total. The fourth-order valence-corrected chi connectivity index (χ4v) is 2.87. The van der Waals surface area contributed by atoms with Gasteiger partial charge in [0.05, 0.1) is 0 Å². The van der Waals surface area contributed by atoms with Crippen LogP contribution in [0.5, 0.6) is 0 Å². The number of aryl methyl sites for hydroxylation is 1. The van der Waals surface area contributed by atoms with Crippen LogP contribution in [0.3, 0.4) is 0 Å². The van der Waals surface area contributed by atoms with E-state index in [2.05, 4.69) is 53.3 Å². The van der Waals surface area contributed by atoms with Crippen molar-refractivity contribution in [2.24, 2.45) is 0 Å². The molecule has 0 aromatic heterocycles. The van der Waals surface area contributed by atoms with Crippen LogP contribution in [0.4, 0.5) is 0 Å². The first-order valence-corrected chi connectivity index (χ1v) is 7.83. The van der Waals surface area contributed by atoms with Crippen molar-refractivity contribution in [3.63, 3.8) is 0 Å². The summed E-state index contributed by atoms with van der Waals surface area (Å²) in [4.78, 5) is 15.0. The molecule has 1 rings (SSSR count). The summed E-state index contributed by atoms with van der Waals surface area (Å²) < 4.78 is 0. The minimum atomic E-state index is 0.134. The Morgan fingerprint density at radius 2 is 1.76 bits per heavy atom. The Labute approximate surface area is 129 Å². The largest absolute Gasteiger partial charge is 0.334 e. The number of hydrogen-bond donors (Lipinski definition) is 0. The van der Waals surface area contributed by atoms with E-state index in [1.807, 2.05) is 24.0 Å². The van der Waals surface area contributed by atoms with Gasteiger partial charge in [0, 0.05) is 17.6 Å². The Hall–Kier alpha value is -1.57. The maximum atomic E-state index is 13.0. The highest BCUT2D eigenvalue weighted by molar-refractivity contribution is 5.96. The predicted octanol–water partition coefficient (Wildman–Crippen LogP) is 4.93. The summed E-state index contributed by atoms with van der Waals surface area (Å²) in [6, 6.07) is 6.59. The molecule has 0 spiro atoms. The molecule has 0 aliphatic carbocycles. The number of allylic oxidation sites excluding steroid dienone is 1. The van der Waals surface area contributed by atoms with Crippen LogP contribution >= 0.6 is 0 Å². The van der Waals surface area contributed by atoms with Gasteiger partial charge in [-0.1, -0.05) is 30.7 Å². The summed E-state index contributed by atoms with van der Waals surface area (Å²) in [6.07, 6.45) is 2.80. The number of carbonyl (C=O) groups is 1. The third-order valence-electron chi connectivity index (χ3n) is 3.84. The summed E-state index contributed by atoms with van der Waals surface area (Å²) in [5, 5.41) is 0. The van der Waals surface area contributed by atoms with E-state index in [9.17, 15) is 4.79 Å². The molecule has 0 heterocycles. The first-order chi connectivity index (χ1) is 9.79. The van der Waals surface area contributed by atoms with E-state index < -0.39 is 0 Å². The van der Waals surface area contributed by atoms with E-state index in [0.29, 0.717) is 5.92 Å². The standard InChI is InChI=1S/C19H29NO/c1-8-9-16(7)17-11-10-15(6)12-18(17)19(21)20(13(2)3)14(4)5/h8,10-14,16H,1,9H2,2-7H3/t16-/m1/s1. The number of benzene rings is 1. The van der Waals surface area contributed by atoms with Gasteiger partial charge in [-0.2, -0.15) is 0 Å².